The van der Waals surface area contributed by atoms with E-state index < -0.39 is 17.9 Å². The molecule has 0 aromatic heterocycles. The minimum Gasteiger partial charge on any atom is -0.487 e. The fraction of sp³-hybridized carbons (Fsp3) is 0.0952. The smallest absolute Gasteiger partial charge is 0.335 e. The Morgan fingerprint density at radius 1 is 1.17 bits per heavy atom. The van der Waals surface area contributed by atoms with Crippen molar-refractivity contribution < 1.29 is 24.2 Å². The lowest BCUT2D eigenvalue weighted by Gasteiger charge is -2.12. The number of hydrogen-bond donors (Lipinski definition) is 2. The molecule has 1 fully saturated rings. The van der Waals surface area contributed by atoms with Crippen molar-refractivity contribution in [3.8, 4) is 5.75 Å². The van der Waals surface area contributed by atoms with Crippen molar-refractivity contribution in [3.63, 3.8) is 0 Å². The zero-order valence-electron chi connectivity index (χ0n) is 15.5. The predicted octanol–water partition coefficient (Wildman–Crippen LogP) is 4.25. The van der Waals surface area contributed by atoms with Gasteiger partial charge >= 0.3 is 12.0 Å². The number of nitrogens with zero attached hydrogens (tertiary/aromatic N) is 1. The van der Waals surface area contributed by atoms with Crippen LogP contribution in [0.15, 0.2) is 54.8 Å². The van der Waals surface area contributed by atoms with Gasteiger partial charge in [0, 0.05) is 6.54 Å². The molecule has 2 N–H and O–H groups in total. The molecule has 1 aliphatic rings. The highest BCUT2D eigenvalue weighted by atomic mass is 127. The molecule has 1 saturated heterocycles. The van der Waals surface area contributed by atoms with Gasteiger partial charge in [-0.1, -0.05) is 18.2 Å². The summed E-state index contributed by atoms with van der Waals surface area (Å²) in [4.78, 5) is 36.2. The summed E-state index contributed by atoms with van der Waals surface area (Å²) in [6.07, 6.45) is 3.12. The highest BCUT2D eigenvalue weighted by Crippen LogP contribution is 2.31. The van der Waals surface area contributed by atoms with Crippen molar-refractivity contribution in [2.24, 2.45) is 0 Å². The first-order chi connectivity index (χ1) is 14.3. The van der Waals surface area contributed by atoms with Gasteiger partial charge in [-0.2, -0.15) is 0 Å². The fourth-order valence-electron chi connectivity index (χ4n) is 2.73. The van der Waals surface area contributed by atoms with Gasteiger partial charge in [-0.05, 0) is 86.7 Å². The number of rotatable bonds is 7. The summed E-state index contributed by atoms with van der Waals surface area (Å²) < 4.78 is 7.61. The highest BCUT2D eigenvalue weighted by molar-refractivity contribution is 14.1. The van der Waals surface area contributed by atoms with E-state index in [0.29, 0.717) is 5.75 Å². The number of imide groups is 1. The van der Waals surface area contributed by atoms with Crippen LogP contribution in [0.5, 0.6) is 5.75 Å². The van der Waals surface area contributed by atoms with Crippen molar-refractivity contribution in [3.05, 3.63) is 78.6 Å². The lowest BCUT2D eigenvalue weighted by Crippen LogP contribution is -2.30. The third kappa shape index (κ3) is 5.01. The SMILES string of the molecule is C=CCN1C(=O)N/C(=C/c2cc(I)c(OCc3ccc(C(=O)O)cc3)c(I)c2)C1=O. The number of halogens is 2. The Labute approximate surface area is 200 Å². The number of hydrogen-bond acceptors (Lipinski definition) is 4. The molecule has 7 nitrogen and oxygen atoms in total. The average Bonchev–Trinajstić information content (AvgIpc) is 2.95. The van der Waals surface area contributed by atoms with Crippen molar-refractivity contribution in [1.82, 2.24) is 10.2 Å². The lowest BCUT2D eigenvalue weighted by atomic mass is 10.1. The maximum atomic E-state index is 12.3. The fourth-order valence-corrected chi connectivity index (χ4v) is 4.86. The number of nitrogens with one attached hydrogen (secondary N) is 1. The van der Waals surface area contributed by atoms with Gasteiger partial charge in [-0.25, -0.2) is 9.59 Å². The normalized spacial score (nSPS) is 14.7. The van der Waals surface area contributed by atoms with Crippen LogP contribution in [0.1, 0.15) is 21.5 Å². The number of benzene rings is 2. The summed E-state index contributed by atoms with van der Waals surface area (Å²) in [5, 5.41) is 11.5. The summed E-state index contributed by atoms with van der Waals surface area (Å²) in [5.74, 6) is -0.674. The standard InChI is InChI=1S/C21H16I2N2O5/c1-2-7-25-19(26)17(24-21(25)29)10-13-8-15(22)18(16(23)9-13)30-11-12-3-5-14(6-4-12)20(27)28/h2-6,8-10H,1,7,11H2,(H,24,29)(H,27,28)/b17-10+. The first kappa shape index (κ1) is 22.3. The third-order valence-electron chi connectivity index (χ3n) is 4.19. The van der Waals surface area contributed by atoms with E-state index in [1.54, 1.807) is 18.2 Å². The maximum absolute atomic E-state index is 12.3. The summed E-state index contributed by atoms with van der Waals surface area (Å²) >= 11 is 4.30. The quantitative estimate of drug-likeness (QED) is 0.207. The molecular weight excluding hydrogens is 614 g/mol. The van der Waals surface area contributed by atoms with Crippen LogP contribution in [0.25, 0.3) is 6.08 Å². The van der Waals surface area contributed by atoms with E-state index in [9.17, 15) is 14.4 Å². The van der Waals surface area contributed by atoms with E-state index in [-0.39, 0.29) is 24.4 Å². The monoisotopic (exact) mass is 630 g/mol. The summed E-state index contributed by atoms with van der Waals surface area (Å²) in [7, 11) is 0. The van der Waals surface area contributed by atoms with Crippen molar-refractivity contribution in [1.29, 1.82) is 0 Å². The van der Waals surface area contributed by atoms with E-state index in [1.807, 2.05) is 12.1 Å². The number of amides is 3. The van der Waals surface area contributed by atoms with Crippen LogP contribution in [0, 0.1) is 7.14 Å². The summed E-state index contributed by atoms with van der Waals surface area (Å²) in [6.45, 7) is 3.99. The van der Waals surface area contributed by atoms with Crippen LogP contribution in [0.3, 0.4) is 0 Å². The lowest BCUT2D eigenvalue weighted by molar-refractivity contribution is -0.122. The number of aromatic carboxylic acids is 1. The Hall–Kier alpha value is -2.41. The molecule has 1 aliphatic heterocycles. The molecule has 0 spiro atoms. The minimum atomic E-state index is -0.971. The molecule has 2 aromatic rings. The summed E-state index contributed by atoms with van der Waals surface area (Å²) in [6, 6.07) is 9.74. The first-order valence-corrected chi connectivity index (χ1v) is 10.9. The van der Waals surface area contributed by atoms with Crippen molar-refractivity contribution in [2.75, 3.05) is 6.54 Å². The summed E-state index contributed by atoms with van der Waals surface area (Å²) in [5.41, 5.74) is 2.03. The van der Waals surface area contributed by atoms with Gasteiger partial charge in [0.25, 0.3) is 5.91 Å². The topological polar surface area (TPSA) is 95.9 Å². The van der Waals surface area contributed by atoms with Crippen LogP contribution in [0.4, 0.5) is 4.79 Å². The van der Waals surface area contributed by atoms with E-state index in [1.165, 1.54) is 18.2 Å². The molecule has 9 heteroatoms. The van der Waals surface area contributed by atoms with Gasteiger partial charge in [0.2, 0.25) is 0 Å². The molecule has 0 atom stereocenters. The highest BCUT2D eigenvalue weighted by Gasteiger charge is 2.32. The Morgan fingerprint density at radius 3 is 2.37 bits per heavy atom. The first-order valence-electron chi connectivity index (χ1n) is 8.69. The molecular formula is C21H16I2N2O5. The van der Waals surface area contributed by atoms with Crippen molar-refractivity contribution in [2.45, 2.75) is 6.61 Å². The molecule has 0 saturated carbocycles. The molecule has 0 unspecified atom stereocenters. The number of carboxylic acids is 1. The second-order valence-electron chi connectivity index (χ2n) is 6.30. The predicted molar refractivity (Wildman–Crippen MR) is 128 cm³/mol. The van der Waals surface area contributed by atoms with Crippen LogP contribution < -0.4 is 10.1 Å². The number of carboxylic acid groups (broad SMARTS) is 1. The largest absolute Gasteiger partial charge is 0.487 e. The van der Waals surface area contributed by atoms with Gasteiger partial charge in [0.15, 0.2) is 0 Å². The molecule has 2 aromatic carbocycles. The molecule has 3 amide bonds. The average molecular weight is 630 g/mol. The number of ether oxygens (including phenoxy) is 1. The van der Waals surface area contributed by atoms with Gasteiger partial charge in [0.05, 0.1) is 12.7 Å². The van der Waals surface area contributed by atoms with Gasteiger partial charge < -0.3 is 15.2 Å². The third-order valence-corrected chi connectivity index (χ3v) is 5.79. The van der Waals surface area contributed by atoms with E-state index in [4.69, 9.17) is 9.84 Å². The van der Waals surface area contributed by atoms with Gasteiger partial charge in [-0.3, -0.25) is 9.69 Å². The Morgan fingerprint density at radius 2 is 1.80 bits per heavy atom. The second kappa shape index (κ2) is 9.60. The number of carbonyl (C=O) groups excluding carboxylic acids is 2. The van der Waals surface area contributed by atoms with Crippen LogP contribution in [0.2, 0.25) is 0 Å². The Kier molecular flexibility index (Phi) is 7.13. The van der Waals surface area contributed by atoms with Gasteiger partial charge in [0.1, 0.15) is 18.1 Å². The molecule has 30 heavy (non-hydrogen) atoms. The molecule has 154 valence electrons. The second-order valence-corrected chi connectivity index (χ2v) is 8.62. The van der Waals surface area contributed by atoms with E-state index >= 15 is 0 Å². The molecule has 0 aliphatic carbocycles. The molecule has 0 bridgehead atoms. The zero-order chi connectivity index (χ0) is 21.8. The van der Waals surface area contributed by atoms with Crippen molar-refractivity contribution >= 4 is 69.2 Å². The number of urea groups is 1. The zero-order valence-corrected chi connectivity index (χ0v) is 19.8. The van der Waals surface area contributed by atoms with E-state index in [2.05, 4.69) is 57.1 Å². The number of carbonyl (C=O) groups is 3. The maximum Gasteiger partial charge on any atom is 0.335 e. The van der Waals surface area contributed by atoms with Gasteiger partial charge in [-0.15, -0.1) is 6.58 Å². The van der Waals surface area contributed by atoms with Crippen LogP contribution >= 0.6 is 45.2 Å². The minimum absolute atomic E-state index is 0.150. The van der Waals surface area contributed by atoms with Crippen LogP contribution in [-0.2, 0) is 11.4 Å². The Bertz CT molecular complexity index is 1040. The molecule has 0 radical (unpaired) electrons. The Balaban J connectivity index is 1.75. The van der Waals surface area contributed by atoms with Crippen LogP contribution in [-0.4, -0.2) is 34.5 Å². The van der Waals surface area contributed by atoms with E-state index in [0.717, 1.165) is 23.2 Å². The molecule has 1 heterocycles. The molecule has 3 rings (SSSR count).